The van der Waals surface area contributed by atoms with Crippen LogP contribution in [-0.2, 0) is 0 Å². The highest BCUT2D eigenvalue weighted by Gasteiger charge is 2.14. The van der Waals surface area contributed by atoms with E-state index in [1.165, 1.54) is 18.3 Å². The van der Waals surface area contributed by atoms with Gasteiger partial charge < -0.3 is 10.2 Å². The molecule has 5 nitrogen and oxygen atoms in total. The smallest absolute Gasteiger partial charge is 0.248 e. The summed E-state index contributed by atoms with van der Waals surface area (Å²) in [4.78, 5) is 27.5. The van der Waals surface area contributed by atoms with E-state index in [2.05, 4.69) is 4.98 Å². The Morgan fingerprint density at radius 3 is 2.84 bits per heavy atom. The van der Waals surface area contributed by atoms with Crippen molar-refractivity contribution >= 4 is 39.6 Å². The maximum absolute atomic E-state index is 12.3. The Morgan fingerprint density at radius 1 is 1.32 bits per heavy atom. The Morgan fingerprint density at radius 2 is 2.11 bits per heavy atom. The Balaban J connectivity index is 2.55. The number of aromatic nitrogens is 1. The minimum Gasteiger partial charge on any atom is -0.436 e. The third-order valence-electron chi connectivity index (χ3n) is 2.79. The van der Waals surface area contributed by atoms with E-state index in [4.69, 9.17) is 21.8 Å². The lowest BCUT2D eigenvalue weighted by atomic mass is 10.1. The number of benzene rings is 1. The second-order valence-corrected chi connectivity index (χ2v) is 4.39. The van der Waals surface area contributed by atoms with Crippen molar-refractivity contribution in [1.82, 2.24) is 4.98 Å². The number of primary amides is 1. The molecule has 1 amide bonds. The van der Waals surface area contributed by atoms with E-state index in [-0.39, 0.29) is 32.7 Å². The molecular weight excluding hydrogens is 268 g/mol. The molecule has 0 aliphatic heterocycles. The van der Waals surface area contributed by atoms with Crippen LogP contribution in [0.1, 0.15) is 10.4 Å². The Kier molecular flexibility index (Phi) is 2.50. The van der Waals surface area contributed by atoms with E-state index in [1.807, 2.05) is 0 Å². The van der Waals surface area contributed by atoms with Gasteiger partial charge in [0.2, 0.25) is 17.0 Å². The third-order valence-corrected chi connectivity index (χ3v) is 3.07. The second kappa shape index (κ2) is 4.07. The Labute approximate surface area is 111 Å². The molecule has 0 fully saturated rings. The fraction of sp³-hybridized carbons (Fsp3) is 0. The number of nitrogens with two attached hydrogens (primary N) is 1. The summed E-state index contributed by atoms with van der Waals surface area (Å²) in [6.45, 7) is 0. The van der Waals surface area contributed by atoms with Gasteiger partial charge in [0.15, 0.2) is 5.58 Å². The average molecular weight is 275 g/mol. The van der Waals surface area contributed by atoms with E-state index in [1.54, 1.807) is 12.1 Å². The van der Waals surface area contributed by atoms with E-state index in [9.17, 15) is 9.59 Å². The van der Waals surface area contributed by atoms with Crippen molar-refractivity contribution in [1.29, 1.82) is 0 Å². The maximum Gasteiger partial charge on any atom is 0.248 e. The van der Waals surface area contributed by atoms with Crippen LogP contribution < -0.4 is 11.2 Å². The number of rotatable bonds is 1. The van der Waals surface area contributed by atoms with Crippen LogP contribution in [-0.4, -0.2) is 10.9 Å². The van der Waals surface area contributed by atoms with Gasteiger partial charge in [0.05, 0.1) is 15.8 Å². The highest BCUT2D eigenvalue weighted by atomic mass is 35.5. The third kappa shape index (κ3) is 1.75. The standard InChI is InChI=1S/C13H7ClN2O3/c14-9-5-6(12(15)18)4-8-10(17)7-2-1-3-16-13(7)19-11(8)9/h1-5H,(H2,15,18). The van der Waals surface area contributed by atoms with Crippen LogP contribution in [0.2, 0.25) is 5.02 Å². The van der Waals surface area contributed by atoms with Gasteiger partial charge in [-0.1, -0.05) is 11.6 Å². The summed E-state index contributed by atoms with van der Waals surface area (Å²) in [5, 5.41) is 0.686. The molecule has 0 spiro atoms. The van der Waals surface area contributed by atoms with Crippen LogP contribution in [0.4, 0.5) is 0 Å². The van der Waals surface area contributed by atoms with Gasteiger partial charge in [0.25, 0.3) is 0 Å². The van der Waals surface area contributed by atoms with Crippen molar-refractivity contribution in [3.05, 3.63) is 51.3 Å². The first kappa shape index (κ1) is 11.7. The number of carbonyl (C=O) groups is 1. The second-order valence-electron chi connectivity index (χ2n) is 3.99. The van der Waals surface area contributed by atoms with E-state index in [0.29, 0.717) is 5.39 Å². The predicted octanol–water partition coefficient (Wildman–Crippen LogP) is 2.09. The molecule has 0 radical (unpaired) electrons. The summed E-state index contributed by atoms with van der Waals surface area (Å²) in [5.74, 6) is -0.658. The molecule has 3 rings (SSSR count). The van der Waals surface area contributed by atoms with Crippen LogP contribution >= 0.6 is 11.6 Å². The number of pyridine rings is 1. The van der Waals surface area contributed by atoms with Gasteiger partial charge in [-0.2, -0.15) is 0 Å². The molecule has 1 aromatic carbocycles. The van der Waals surface area contributed by atoms with Crippen molar-refractivity contribution in [2.75, 3.05) is 0 Å². The minimum absolute atomic E-state index is 0.149. The fourth-order valence-corrected chi connectivity index (χ4v) is 2.15. The van der Waals surface area contributed by atoms with Crippen molar-refractivity contribution in [3.63, 3.8) is 0 Å². The first-order valence-corrected chi connectivity index (χ1v) is 5.76. The van der Waals surface area contributed by atoms with Crippen molar-refractivity contribution < 1.29 is 9.21 Å². The summed E-state index contributed by atoms with van der Waals surface area (Å²) in [5.41, 5.74) is 5.46. The highest BCUT2D eigenvalue weighted by molar-refractivity contribution is 6.35. The highest BCUT2D eigenvalue weighted by Crippen LogP contribution is 2.25. The molecule has 3 aromatic rings. The number of fused-ring (bicyclic) bond motifs is 2. The molecule has 19 heavy (non-hydrogen) atoms. The molecule has 6 heteroatoms. The number of nitrogens with zero attached hydrogens (tertiary/aromatic N) is 1. The van der Waals surface area contributed by atoms with Crippen molar-refractivity contribution in [2.24, 2.45) is 5.73 Å². The van der Waals surface area contributed by atoms with Gasteiger partial charge in [0, 0.05) is 11.8 Å². The quantitative estimate of drug-likeness (QED) is 0.689. The van der Waals surface area contributed by atoms with Gasteiger partial charge in [0.1, 0.15) is 0 Å². The molecule has 0 unspecified atom stereocenters. The Hall–Kier alpha value is -2.40. The first-order chi connectivity index (χ1) is 9.08. The van der Waals surface area contributed by atoms with Crippen LogP contribution in [0.25, 0.3) is 22.1 Å². The summed E-state index contributed by atoms with van der Waals surface area (Å²) in [7, 11) is 0. The van der Waals surface area contributed by atoms with E-state index < -0.39 is 5.91 Å². The summed E-state index contributed by atoms with van der Waals surface area (Å²) in [6.07, 6.45) is 1.52. The molecular formula is C13H7ClN2O3. The first-order valence-electron chi connectivity index (χ1n) is 5.39. The van der Waals surface area contributed by atoms with Gasteiger partial charge >= 0.3 is 0 Å². The molecule has 0 atom stereocenters. The molecule has 0 aliphatic carbocycles. The van der Waals surface area contributed by atoms with Crippen molar-refractivity contribution in [2.45, 2.75) is 0 Å². The number of amides is 1. The number of hydrogen-bond acceptors (Lipinski definition) is 4. The summed E-state index contributed by atoms with van der Waals surface area (Å²) < 4.78 is 5.50. The molecule has 0 saturated heterocycles. The lowest BCUT2D eigenvalue weighted by Crippen LogP contribution is -2.12. The van der Waals surface area contributed by atoms with Gasteiger partial charge in [-0.05, 0) is 24.3 Å². The topological polar surface area (TPSA) is 86.2 Å². The lowest BCUT2D eigenvalue weighted by Gasteiger charge is -2.04. The molecule has 2 heterocycles. The molecule has 0 saturated carbocycles. The zero-order chi connectivity index (χ0) is 13.6. The Bertz CT molecular complexity index is 886. The summed E-state index contributed by atoms with van der Waals surface area (Å²) >= 11 is 6.01. The largest absolute Gasteiger partial charge is 0.436 e. The monoisotopic (exact) mass is 274 g/mol. The van der Waals surface area contributed by atoms with Gasteiger partial charge in [-0.25, -0.2) is 4.98 Å². The molecule has 2 N–H and O–H groups in total. The van der Waals surface area contributed by atoms with Gasteiger partial charge in [-0.15, -0.1) is 0 Å². The zero-order valence-corrected chi connectivity index (χ0v) is 10.3. The van der Waals surface area contributed by atoms with Crippen LogP contribution in [0.5, 0.6) is 0 Å². The zero-order valence-electron chi connectivity index (χ0n) is 9.51. The van der Waals surface area contributed by atoms with Crippen LogP contribution in [0.3, 0.4) is 0 Å². The van der Waals surface area contributed by atoms with Crippen LogP contribution in [0, 0.1) is 0 Å². The average Bonchev–Trinajstić information content (AvgIpc) is 2.40. The van der Waals surface area contributed by atoms with Crippen molar-refractivity contribution in [3.8, 4) is 0 Å². The fourth-order valence-electron chi connectivity index (χ4n) is 1.89. The van der Waals surface area contributed by atoms with E-state index >= 15 is 0 Å². The van der Waals surface area contributed by atoms with Gasteiger partial charge in [-0.3, -0.25) is 9.59 Å². The molecule has 94 valence electrons. The molecule has 2 aromatic heterocycles. The number of halogens is 1. The molecule has 0 bridgehead atoms. The van der Waals surface area contributed by atoms with E-state index in [0.717, 1.165) is 0 Å². The lowest BCUT2D eigenvalue weighted by molar-refractivity contribution is 0.100. The number of hydrogen-bond donors (Lipinski definition) is 1. The summed E-state index contributed by atoms with van der Waals surface area (Å²) in [6, 6.07) is 5.97. The number of carbonyl (C=O) groups excluding carboxylic acids is 1. The maximum atomic E-state index is 12.3. The minimum atomic E-state index is -0.658. The normalized spacial score (nSPS) is 11.0. The van der Waals surface area contributed by atoms with Crippen LogP contribution in [0.15, 0.2) is 39.7 Å². The SMILES string of the molecule is NC(=O)c1cc(Cl)c2oc3ncccc3c(=O)c2c1. The predicted molar refractivity (Wildman–Crippen MR) is 71.3 cm³/mol. The molecule has 0 aliphatic rings.